The van der Waals surface area contributed by atoms with Crippen molar-refractivity contribution in [1.29, 1.82) is 0 Å². The summed E-state index contributed by atoms with van der Waals surface area (Å²) >= 11 is 0. The topological polar surface area (TPSA) is 26.8 Å². The molecule has 0 bridgehead atoms. The van der Waals surface area contributed by atoms with Crippen LogP contribution in [-0.4, -0.2) is 78.9 Å². The summed E-state index contributed by atoms with van der Waals surface area (Å²) in [7, 11) is 0. The van der Waals surface area contributed by atoms with Crippen molar-refractivity contribution in [3.8, 4) is 0 Å². The lowest BCUT2D eigenvalue weighted by atomic mass is 9.95. The van der Waals surface area contributed by atoms with Crippen molar-refractivity contribution in [2.75, 3.05) is 52.4 Å². The monoisotopic (exact) mass is 281 g/mol. The minimum Gasteiger partial charge on any atom is -0.301 e. The maximum absolute atomic E-state index is 11.1. The molecule has 2 rings (SSSR count). The van der Waals surface area contributed by atoms with E-state index in [-0.39, 0.29) is 0 Å². The van der Waals surface area contributed by atoms with Gasteiger partial charge in [0.15, 0.2) is 0 Å². The van der Waals surface area contributed by atoms with Crippen molar-refractivity contribution in [2.24, 2.45) is 5.92 Å². The van der Waals surface area contributed by atoms with Crippen LogP contribution in [0.25, 0.3) is 0 Å². The van der Waals surface area contributed by atoms with E-state index < -0.39 is 0 Å². The normalized spacial score (nSPS) is 24.4. The van der Waals surface area contributed by atoms with E-state index in [2.05, 4.69) is 28.5 Å². The Bertz CT molecular complexity index is 303. The third-order valence-electron chi connectivity index (χ3n) is 4.81. The highest BCUT2D eigenvalue weighted by molar-refractivity contribution is 5.77. The van der Waals surface area contributed by atoms with E-state index >= 15 is 0 Å². The summed E-state index contributed by atoms with van der Waals surface area (Å²) in [4.78, 5) is 18.7. The summed E-state index contributed by atoms with van der Waals surface area (Å²) in [6.07, 6.45) is 2.52. The number of likely N-dealkylation sites (tertiary alicyclic amines) is 1. The van der Waals surface area contributed by atoms with E-state index in [1.54, 1.807) is 6.92 Å². The van der Waals surface area contributed by atoms with Gasteiger partial charge in [-0.3, -0.25) is 14.6 Å². The van der Waals surface area contributed by atoms with Gasteiger partial charge in [-0.2, -0.15) is 0 Å². The third kappa shape index (κ3) is 4.83. The van der Waals surface area contributed by atoms with Crippen LogP contribution in [0, 0.1) is 5.92 Å². The molecule has 4 heteroatoms. The molecule has 2 saturated heterocycles. The predicted octanol–water partition coefficient (Wildman–Crippen LogP) is 1.31. The highest BCUT2D eigenvalue weighted by atomic mass is 16.1. The maximum Gasteiger partial charge on any atom is 0.143 e. The number of hydrogen-bond acceptors (Lipinski definition) is 4. The van der Waals surface area contributed by atoms with E-state index in [0.717, 1.165) is 19.0 Å². The molecule has 0 atom stereocenters. The van der Waals surface area contributed by atoms with Crippen LogP contribution in [0.15, 0.2) is 0 Å². The zero-order valence-corrected chi connectivity index (χ0v) is 13.5. The summed E-state index contributed by atoms with van der Waals surface area (Å²) in [5.41, 5.74) is 0. The van der Waals surface area contributed by atoms with Crippen molar-refractivity contribution >= 4 is 5.78 Å². The van der Waals surface area contributed by atoms with Gasteiger partial charge in [0.2, 0.25) is 0 Å². The van der Waals surface area contributed by atoms with Crippen molar-refractivity contribution in [3.05, 3.63) is 0 Å². The third-order valence-corrected chi connectivity index (χ3v) is 4.81. The summed E-state index contributed by atoms with van der Waals surface area (Å²) in [5, 5.41) is 0. The van der Waals surface area contributed by atoms with Crippen LogP contribution < -0.4 is 0 Å². The highest BCUT2D eigenvalue weighted by Gasteiger charge is 2.24. The van der Waals surface area contributed by atoms with Gasteiger partial charge in [-0.1, -0.05) is 0 Å². The molecule has 0 unspecified atom stereocenters. The first kappa shape index (κ1) is 15.9. The zero-order chi connectivity index (χ0) is 14.5. The number of piperidine rings is 1. The van der Waals surface area contributed by atoms with Gasteiger partial charge in [-0.15, -0.1) is 0 Å². The summed E-state index contributed by atoms with van der Waals surface area (Å²) in [6.45, 7) is 15.3. The van der Waals surface area contributed by atoms with E-state index in [4.69, 9.17) is 0 Å². The molecule has 0 aromatic heterocycles. The molecule has 4 nitrogen and oxygen atoms in total. The van der Waals surface area contributed by atoms with Crippen molar-refractivity contribution in [3.63, 3.8) is 0 Å². The Morgan fingerprint density at radius 1 is 1.00 bits per heavy atom. The molecule has 116 valence electrons. The molecule has 2 heterocycles. The lowest BCUT2D eigenvalue weighted by Gasteiger charge is -2.40. The molecule has 2 aliphatic rings. The fraction of sp³-hybridized carbons (Fsp3) is 0.938. The molecule has 2 aliphatic heterocycles. The smallest absolute Gasteiger partial charge is 0.143 e. The fourth-order valence-electron chi connectivity index (χ4n) is 3.47. The Kier molecular flexibility index (Phi) is 6.00. The molecular formula is C16H31N3O. The van der Waals surface area contributed by atoms with Crippen LogP contribution in [0.4, 0.5) is 0 Å². The molecule has 0 saturated carbocycles. The molecule has 0 radical (unpaired) electrons. The minimum absolute atomic E-state index is 0.299. The van der Waals surface area contributed by atoms with Crippen LogP contribution in [0.1, 0.15) is 33.6 Å². The van der Waals surface area contributed by atoms with Crippen LogP contribution in [0.2, 0.25) is 0 Å². The number of ketones is 1. The first-order valence-electron chi connectivity index (χ1n) is 8.23. The van der Waals surface area contributed by atoms with Gasteiger partial charge in [0.05, 0.1) is 6.54 Å². The minimum atomic E-state index is 0.299. The van der Waals surface area contributed by atoms with Crippen LogP contribution in [0.3, 0.4) is 0 Å². The summed E-state index contributed by atoms with van der Waals surface area (Å²) in [5.74, 6) is 1.14. The van der Waals surface area contributed by atoms with Crippen LogP contribution >= 0.6 is 0 Å². The molecule has 0 aromatic carbocycles. The van der Waals surface area contributed by atoms with E-state index in [9.17, 15) is 4.79 Å². The number of carbonyl (C=O) groups excluding carboxylic acids is 1. The predicted molar refractivity (Wildman–Crippen MR) is 83.0 cm³/mol. The molecule has 0 aliphatic carbocycles. The molecule has 0 amide bonds. The van der Waals surface area contributed by atoms with Gasteiger partial charge in [0.1, 0.15) is 5.78 Å². The van der Waals surface area contributed by atoms with Gasteiger partial charge < -0.3 is 4.90 Å². The number of hydrogen-bond donors (Lipinski definition) is 0. The molecule has 20 heavy (non-hydrogen) atoms. The molecule has 0 aromatic rings. The first-order valence-corrected chi connectivity index (χ1v) is 8.23. The second-order valence-electron chi connectivity index (χ2n) is 6.85. The molecule has 0 N–H and O–H groups in total. The van der Waals surface area contributed by atoms with Crippen molar-refractivity contribution in [1.82, 2.24) is 14.7 Å². The second-order valence-corrected chi connectivity index (χ2v) is 6.85. The number of carbonyl (C=O) groups is 1. The van der Waals surface area contributed by atoms with Crippen molar-refractivity contribution in [2.45, 2.75) is 39.7 Å². The Labute approximate surface area is 124 Å². The lowest BCUT2D eigenvalue weighted by molar-refractivity contribution is -0.118. The standard InChI is InChI=1S/C16H31N3O/c1-14(2)19-10-8-18(9-11-19)13-16-4-6-17(7-5-16)12-15(3)20/h14,16H,4-13H2,1-3H3. The number of piperazine rings is 1. The van der Waals surface area contributed by atoms with E-state index in [1.165, 1.54) is 45.6 Å². The molecular weight excluding hydrogens is 250 g/mol. The van der Waals surface area contributed by atoms with Gasteiger partial charge >= 0.3 is 0 Å². The SMILES string of the molecule is CC(=O)CN1CCC(CN2CCN(C(C)C)CC2)CC1. The highest BCUT2D eigenvalue weighted by Crippen LogP contribution is 2.19. The Balaban J connectivity index is 1.65. The zero-order valence-electron chi connectivity index (χ0n) is 13.5. The van der Waals surface area contributed by atoms with Gasteiger partial charge in [-0.05, 0) is 52.6 Å². The first-order chi connectivity index (χ1) is 9.54. The van der Waals surface area contributed by atoms with Crippen LogP contribution in [0.5, 0.6) is 0 Å². The summed E-state index contributed by atoms with van der Waals surface area (Å²) < 4.78 is 0. The van der Waals surface area contributed by atoms with Gasteiger partial charge in [0.25, 0.3) is 0 Å². The van der Waals surface area contributed by atoms with Crippen LogP contribution in [-0.2, 0) is 4.79 Å². The quantitative estimate of drug-likeness (QED) is 0.759. The number of Topliss-reactive ketones (excluding diaryl/α,β-unsaturated/α-hetero) is 1. The number of nitrogens with zero attached hydrogens (tertiary/aromatic N) is 3. The maximum atomic E-state index is 11.1. The van der Waals surface area contributed by atoms with Gasteiger partial charge in [0, 0.05) is 38.8 Å². The molecule has 0 spiro atoms. The summed E-state index contributed by atoms with van der Waals surface area (Å²) in [6, 6.07) is 0.687. The number of rotatable bonds is 5. The Morgan fingerprint density at radius 3 is 2.10 bits per heavy atom. The Hall–Kier alpha value is -0.450. The second kappa shape index (κ2) is 7.53. The molecule has 2 fully saturated rings. The average molecular weight is 281 g/mol. The van der Waals surface area contributed by atoms with E-state index in [1.807, 2.05) is 0 Å². The van der Waals surface area contributed by atoms with Gasteiger partial charge in [-0.25, -0.2) is 0 Å². The largest absolute Gasteiger partial charge is 0.301 e. The van der Waals surface area contributed by atoms with E-state index in [0.29, 0.717) is 18.4 Å². The average Bonchev–Trinajstić information content (AvgIpc) is 2.41. The fourth-order valence-corrected chi connectivity index (χ4v) is 3.47. The van der Waals surface area contributed by atoms with Crippen molar-refractivity contribution < 1.29 is 4.79 Å². The lowest BCUT2D eigenvalue weighted by Crippen LogP contribution is -2.50. The Morgan fingerprint density at radius 2 is 1.60 bits per heavy atom.